The maximum absolute atomic E-state index is 11.5. The molecule has 0 bridgehead atoms. The normalized spacial score (nSPS) is 11.3. The van der Waals surface area contributed by atoms with E-state index < -0.39 is 10.0 Å². The summed E-state index contributed by atoms with van der Waals surface area (Å²) in [6, 6.07) is 11.0. The van der Waals surface area contributed by atoms with Gasteiger partial charge in [-0.3, -0.25) is 0 Å². The van der Waals surface area contributed by atoms with Crippen LogP contribution in [0.25, 0.3) is 10.2 Å². The van der Waals surface area contributed by atoms with E-state index in [-0.39, 0.29) is 18.0 Å². The second kappa shape index (κ2) is 7.96. The zero-order valence-corrected chi connectivity index (χ0v) is 16.3. The van der Waals surface area contributed by atoms with Crippen molar-refractivity contribution in [3.8, 4) is 17.6 Å². The van der Waals surface area contributed by atoms with Gasteiger partial charge in [-0.05, 0) is 30.2 Å². The third-order valence-corrected chi connectivity index (χ3v) is 6.06. The first-order valence-electron chi connectivity index (χ1n) is 8.29. The number of benzene rings is 2. The quantitative estimate of drug-likeness (QED) is 0.570. The van der Waals surface area contributed by atoms with Crippen LogP contribution in [0.1, 0.15) is 23.6 Å². The summed E-state index contributed by atoms with van der Waals surface area (Å²) in [7, 11) is -3.22. The van der Waals surface area contributed by atoms with Crippen molar-refractivity contribution in [2.45, 2.75) is 19.9 Å². The Kier molecular flexibility index (Phi) is 5.65. The van der Waals surface area contributed by atoms with Gasteiger partial charge in [-0.2, -0.15) is 0 Å². The van der Waals surface area contributed by atoms with Crippen molar-refractivity contribution < 1.29 is 13.5 Å². The number of nitrogens with zero attached hydrogens (tertiary/aromatic N) is 1. The average Bonchev–Trinajstić information content (AvgIpc) is 3.01. The molecule has 0 aliphatic rings. The molecule has 140 valence electrons. The molecule has 0 saturated carbocycles. The number of hydrogen-bond donors (Lipinski definition) is 3. The standard InChI is InChI=1S/C19H19N3O3S2/c1-2-27(24,25)21-12-15-8-4-6-13(9-15)5-3-7-14-10-16(23)18-17(11-14)26-19(20)22-18/h4,6,8-11,21,23H,2,5,12H2,1H3,(H2,20,22). The molecule has 6 nitrogen and oxygen atoms in total. The highest BCUT2D eigenvalue weighted by molar-refractivity contribution is 7.89. The Hall–Kier alpha value is -2.60. The summed E-state index contributed by atoms with van der Waals surface area (Å²) in [6.07, 6.45) is 0.512. The van der Waals surface area contributed by atoms with Crippen LogP contribution in [0.2, 0.25) is 0 Å². The minimum absolute atomic E-state index is 0.0563. The van der Waals surface area contributed by atoms with Gasteiger partial charge in [0.25, 0.3) is 0 Å². The van der Waals surface area contributed by atoms with Gasteiger partial charge in [0, 0.05) is 18.5 Å². The van der Waals surface area contributed by atoms with Crippen molar-refractivity contribution in [2.24, 2.45) is 0 Å². The zero-order valence-electron chi connectivity index (χ0n) is 14.7. The number of phenolic OH excluding ortho intramolecular Hbond substituents is 1. The molecular weight excluding hydrogens is 382 g/mol. The van der Waals surface area contributed by atoms with E-state index in [1.807, 2.05) is 30.3 Å². The molecule has 0 radical (unpaired) electrons. The molecule has 1 heterocycles. The van der Waals surface area contributed by atoms with E-state index in [4.69, 9.17) is 5.73 Å². The SMILES string of the molecule is CCS(=O)(=O)NCc1cccc(CC#Cc2cc(O)c3nc(N)sc3c2)c1. The van der Waals surface area contributed by atoms with Crippen molar-refractivity contribution in [3.63, 3.8) is 0 Å². The Balaban J connectivity index is 1.72. The predicted molar refractivity (Wildman–Crippen MR) is 109 cm³/mol. The number of aromatic hydroxyl groups is 1. The Morgan fingerprint density at radius 1 is 1.26 bits per heavy atom. The number of aromatic nitrogens is 1. The molecule has 0 saturated heterocycles. The van der Waals surface area contributed by atoms with Gasteiger partial charge in [0.15, 0.2) is 5.13 Å². The molecule has 8 heteroatoms. The Morgan fingerprint density at radius 2 is 2.04 bits per heavy atom. The average molecular weight is 402 g/mol. The molecule has 0 aliphatic carbocycles. The van der Waals surface area contributed by atoms with E-state index in [2.05, 4.69) is 21.5 Å². The Labute approximate surface area is 162 Å². The molecule has 0 unspecified atom stereocenters. The molecule has 3 aromatic rings. The molecular formula is C19H19N3O3S2. The highest BCUT2D eigenvalue weighted by atomic mass is 32.2. The maximum atomic E-state index is 11.5. The lowest BCUT2D eigenvalue weighted by molar-refractivity contribution is 0.480. The van der Waals surface area contributed by atoms with Crippen LogP contribution in [-0.4, -0.2) is 24.3 Å². The third kappa shape index (κ3) is 4.98. The van der Waals surface area contributed by atoms with Gasteiger partial charge in [0.05, 0.1) is 10.5 Å². The number of rotatable bonds is 5. The number of thiazole rings is 1. The smallest absolute Gasteiger partial charge is 0.211 e. The van der Waals surface area contributed by atoms with E-state index in [0.717, 1.165) is 15.8 Å². The fourth-order valence-corrected chi connectivity index (χ4v) is 3.88. The maximum Gasteiger partial charge on any atom is 0.211 e. The second-order valence-corrected chi connectivity index (χ2v) is 9.08. The lowest BCUT2D eigenvalue weighted by Gasteiger charge is -2.05. The number of phenols is 1. The largest absolute Gasteiger partial charge is 0.506 e. The summed E-state index contributed by atoms with van der Waals surface area (Å²) < 4.78 is 26.4. The lowest BCUT2D eigenvalue weighted by Crippen LogP contribution is -2.24. The van der Waals surface area contributed by atoms with Crippen LogP contribution in [0, 0.1) is 11.8 Å². The number of anilines is 1. The molecule has 3 rings (SSSR count). The summed E-state index contributed by atoms with van der Waals surface area (Å²) in [5.41, 5.74) is 8.73. The molecule has 0 atom stereocenters. The van der Waals surface area contributed by atoms with Gasteiger partial charge in [0.2, 0.25) is 10.0 Å². The molecule has 4 N–H and O–H groups in total. The highest BCUT2D eigenvalue weighted by Crippen LogP contribution is 2.31. The van der Waals surface area contributed by atoms with Crippen LogP contribution < -0.4 is 10.5 Å². The van der Waals surface area contributed by atoms with E-state index in [9.17, 15) is 13.5 Å². The number of nitrogen functional groups attached to an aromatic ring is 1. The van der Waals surface area contributed by atoms with Gasteiger partial charge in [0.1, 0.15) is 11.3 Å². The van der Waals surface area contributed by atoms with Crippen LogP contribution >= 0.6 is 11.3 Å². The molecule has 1 aromatic heterocycles. The van der Waals surface area contributed by atoms with Crippen molar-refractivity contribution in [1.82, 2.24) is 9.71 Å². The van der Waals surface area contributed by atoms with Crippen LogP contribution in [0.4, 0.5) is 5.13 Å². The summed E-state index contributed by atoms with van der Waals surface area (Å²) >= 11 is 1.30. The van der Waals surface area contributed by atoms with Crippen LogP contribution in [-0.2, 0) is 23.0 Å². The Bertz CT molecular complexity index is 1140. The first-order chi connectivity index (χ1) is 12.9. The topological polar surface area (TPSA) is 105 Å². The minimum Gasteiger partial charge on any atom is -0.506 e. The van der Waals surface area contributed by atoms with Gasteiger partial charge in [-0.25, -0.2) is 18.1 Å². The number of nitrogens with two attached hydrogens (primary N) is 1. The number of nitrogens with one attached hydrogen (secondary N) is 1. The highest BCUT2D eigenvalue weighted by Gasteiger charge is 2.08. The van der Waals surface area contributed by atoms with Crippen LogP contribution in [0.5, 0.6) is 5.75 Å². The summed E-state index contributed by atoms with van der Waals surface area (Å²) in [4.78, 5) is 4.08. The fraction of sp³-hybridized carbons (Fsp3) is 0.211. The summed E-state index contributed by atoms with van der Waals surface area (Å²) in [6.45, 7) is 1.86. The van der Waals surface area contributed by atoms with Crippen LogP contribution in [0.3, 0.4) is 0 Å². The molecule has 0 aliphatic heterocycles. The number of hydrogen-bond acceptors (Lipinski definition) is 6. The number of fused-ring (bicyclic) bond motifs is 1. The molecule has 2 aromatic carbocycles. The van der Waals surface area contributed by atoms with Gasteiger partial charge < -0.3 is 10.8 Å². The lowest BCUT2D eigenvalue weighted by atomic mass is 10.1. The first kappa shape index (κ1) is 19.2. The van der Waals surface area contributed by atoms with Crippen molar-refractivity contribution >= 4 is 36.7 Å². The second-order valence-electron chi connectivity index (χ2n) is 5.92. The van der Waals surface area contributed by atoms with Crippen LogP contribution in [0.15, 0.2) is 36.4 Å². The fourth-order valence-electron chi connectivity index (χ4n) is 2.49. The van der Waals surface area contributed by atoms with E-state index in [0.29, 0.717) is 22.6 Å². The van der Waals surface area contributed by atoms with E-state index in [1.165, 1.54) is 11.3 Å². The molecule has 0 fully saturated rings. The minimum atomic E-state index is -3.22. The van der Waals surface area contributed by atoms with Gasteiger partial charge >= 0.3 is 0 Å². The first-order valence-corrected chi connectivity index (χ1v) is 10.8. The van der Waals surface area contributed by atoms with Crippen molar-refractivity contribution in [2.75, 3.05) is 11.5 Å². The zero-order chi connectivity index (χ0) is 19.4. The van der Waals surface area contributed by atoms with Gasteiger partial charge in [-0.1, -0.05) is 47.4 Å². The third-order valence-electron chi connectivity index (χ3n) is 3.88. The summed E-state index contributed by atoms with van der Waals surface area (Å²) in [5, 5.41) is 10.4. The Morgan fingerprint density at radius 3 is 2.81 bits per heavy atom. The molecule has 0 spiro atoms. The monoisotopic (exact) mass is 401 g/mol. The summed E-state index contributed by atoms with van der Waals surface area (Å²) in [5.74, 6) is 6.24. The van der Waals surface area contributed by atoms with Crippen molar-refractivity contribution in [1.29, 1.82) is 0 Å². The predicted octanol–water partition coefficient (Wildman–Crippen LogP) is 2.62. The van der Waals surface area contributed by atoms with Gasteiger partial charge in [-0.15, -0.1) is 0 Å². The van der Waals surface area contributed by atoms with E-state index in [1.54, 1.807) is 13.0 Å². The molecule has 0 amide bonds. The van der Waals surface area contributed by atoms with E-state index >= 15 is 0 Å². The number of sulfonamides is 1. The molecule has 27 heavy (non-hydrogen) atoms. The van der Waals surface area contributed by atoms with Crippen molar-refractivity contribution in [3.05, 3.63) is 53.1 Å².